The average molecular weight is 314 g/mol. The zero-order valence-corrected chi connectivity index (χ0v) is 12.6. The van der Waals surface area contributed by atoms with Crippen molar-refractivity contribution >= 4 is 12.1 Å². The summed E-state index contributed by atoms with van der Waals surface area (Å²) in [4.78, 5) is 31.2. The zero-order chi connectivity index (χ0) is 16.4. The molecular weight excluding hydrogens is 296 g/mol. The highest BCUT2D eigenvalue weighted by Crippen LogP contribution is 2.23. The average Bonchev–Trinajstić information content (AvgIpc) is 2.54. The number of ether oxygens (including phenoxy) is 3. The quantitative estimate of drug-likeness (QED) is 0.313. The van der Waals surface area contributed by atoms with Gasteiger partial charge in [-0.3, -0.25) is 4.89 Å². The maximum Gasteiger partial charge on any atom is 0.543 e. The predicted octanol–water partition coefficient (Wildman–Crippen LogP) is 2.66. The lowest BCUT2D eigenvalue weighted by atomic mass is 10.2. The fourth-order valence-corrected chi connectivity index (χ4v) is 1.37. The zero-order valence-electron chi connectivity index (χ0n) is 12.6. The first kappa shape index (κ1) is 17.6. The minimum Gasteiger partial charge on any atom is -0.497 e. The minimum absolute atomic E-state index is 0.0964. The van der Waals surface area contributed by atoms with E-state index in [0.29, 0.717) is 17.9 Å². The summed E-state index contributed by atoms with van der Waals surface area (Å²) in [6.07, 6.45) is 0.462. The molecule has 8 heteroatoms. The summed E-state index contributed by atoms with van der Waals surface area (Å²) in [6.45, 7) is 2.13. The van der Waals surface area contributed by atoms with E-state index in [0.717, 1.165) is 6.42 Å². The fourth-order valence-electron chi connectivity index (χ4n) is 1.37. The summed E-state index contributed by atoms with van der Waals surface area (Å²) < 4.78 is 14.6. The first-order valence-electron chi connectivity index (χ1n) is 6.56. The van der Waals surface area contributed by atoms with Gasteiger partial charge in [0.1, 0.15) is 11.5 Å². The Labute approximate surface area is 127 Å². The second-order valence-corrected chi connectivity index (χ2v) is 4.08. The van der Waals surface area contributed by atoms with Crippen LogP contribution in [0.4, 0.5) is 4.79 Å². The van der Waals surface area contributed by atoms with Crippen molar-refractivity contribution in [1.29, 1.82) is 0 Å². The van der Waals surface area contributed by atoms with Crippen molar-refractivity contribution in [2.45, 2.75) is 19.8 Å². The van der Waals surface area contributed by atoms with Crippen molar-refractivity contribution in [3.8, 4) is 11.5 Å². The number of benzene rings is 1. The Kier molecular flexibility index (Phi) is 7.55. The van der Waals surface area contributed by atoms with Gasteiger partial charge >= 0.3 is 12.1 Å². The number of carbonyl (C=O) groups excluding carboxylic acids is 2. The highest BCUT2D eigenvalue weighted by Gasteiger charge is 2.14. The minimum atomic E-state index is -1.09. The maximum absolute atomic E-state index is 11.7. The molecule has 0 radical (unpaired) electrons. The van der Waals surface area contributed by atoms with Gasteiger partial charge in [-0.15, -0.1) is 0 Å². The Balaban J connectivity index is 2.47. The van der Waals surface area contributed by atoms with Gasteiger partial charge in [0.2, 0.25) is 0 Å². The molecule has 1 rings (SSSR count). The van der Waals surface area contributed by atoms with Gasteiger partial charge in [0, 0.05) is 6.07 Å². The van der Waals surface area contributed by atoms with Crippen LogP contribution in [-0.4, -0.2) is 33.0 Å². The molecule has 0 unspecified atom stereocenters. The molecule has 0 saturated carbocycles. The molecule has 0 spiro atoms. The normalized spacial score (nSPS) is 9.77. The van der Waals surface area contributed by atoms with Crippen LogP contribution in [0.25, 0.3) is 0 Å². The van der Waals surface area contributed by atoms with Crippen LogP contribution in [0.5, 0.6) is 11.5 Å². The number of carbonyl (C=O) groups is 2. The molecule has 0 aliphatic heterocycles. The molecular formula is C14H18O8. The second kappa shape index (κ2) is 9.46. The highest BCUT2D eigenvalue weighted by molar-refractivity contribution is 5.90. The third-order valence-electron chi connectivity index (χ3n) is 2.52. The van der Waals surface area contributed by atoms with Crippen molar-refractivity contribution in [1.82, 2.24) is 0 Å². The van der Waals surface area contributed by atoms with E-state index in [4.69, 9.17) is 9.47 Å². The van der Waals surface area contributed by atoms with Gasteiger partial charge in [0.05, 0.1) is 31.4 Å². The SMILES string of the molecule is CCCCOC(=O)OOOC(=O)c1cc(OC)cc(OC)c1. The summed E-state index contributed by atoms with van der Waals surface area (Å²) in [5.74, 6) is -0.101. The molecule has 122 valence electrons. The van der Waals surface area contributed by atoms with Crippen LogP contribution in [-0.2, 0) is 19.6 Å². The van der Waals surface area contributed by atoms with Crippen molar-refractivity contribution in [2.24, 2.45) is 0 Å². The summed E-state index contributed by atoms with van der Waals surface area (Å²) in [5, 5.41) is 4.08. The Morgan fingerprint density at radius 1 is 1.00 bits per heavy atom. The van der Waals surface area contributed by atoms with E-state index < -0.39 is 12.1 Å². The molecule has 22 heavy (non-hydrogen) atoms. The van der Waals surface area contributed by atoms with E-state index in [1.54, 1.807) is 6.07 Å². The first-order chi connectivity index (χ1) is 10.6. The molecule has 0 aliphatic carbocycles. The maximum atomic E-state index is 11.7. The van der Waals surface area contributed by atoms with Crippen molar-refractivity contribution in [2.75, 3.05) is 20.8 Å². The largest absolute Gasteiger partial charge is 0.543 e. The standard InChI is InChI=1S/C14H18O8/c1-4-5-6-19-14(16)21-22-20-13(15)10-7-11(17-2)9-12(8-10)18-3/h7-9H,4-6H2,1-3H3. The predicted molar refractivity (Wildman–Crippen MR) is 73.4 cm³/mol. The van der Waals surface area contributed by atoms with Crippen molar-refractivity contribution in [3.05, 3.63) is 23.8 Å². The number of hydrogen-bond acceptors (Lipinski definition) is 8. The smallest absolute Gasteiger partial charge is 0.497 e. The Morgan fingerprint density at radius 3 is 2.18 bits per heavy atom. The van der Waals surface area contributed by atoms with Gasteiger partial charge < -0.3 is 14.2 Å². The summed E-state index contributed by atoms with van der Waals surface area (Å²) in [6, 6.07) is 4.40. The number of methoxy groups -OCH3 is 2. The molecule has 0 heterocycles. The summed E-state index contributed by atoms with van der Waals surface area (Å²) >= 11 is 0. The van der Waals surface area contributed by atoms with Gasteiger partial charge in [-0.25, -0.2) is 14.5 Å². The van der Waals surface area contributed by atoms with E-state index in [2.05, 4.69) is 19.6 Å². The van der Waals surface area contributed by atoms with Crippen LogP contribution >= 0.6 is 0 Å². The third-order valence-corrected chi connectivity index (χ3v) is 2.52. The van der Waals surface area contributed by atoms with Crippen LogP contribution in [0.3, 0.4) is 0 Å². The van der Waals surface area contributed by atoms with Crippen LogP contribution in [0, 0.1) is 0 Å². The van der Waals surface area contributed by atoms with Crippen LogP contribution in [0.1, 0.15) is 30.1 Å². The number of hydrogen-bond donors (Lipinski definition) is 0. The Bertz CT molecular complexity index is 477. The van der Waals surface area contributed by atoms with Gasteiger partial charge in [0.25, 0.3) is 0 Å². The molecule has 0 aromatic heterocycles. The van der Waals surface area contributed by atoms with Gasteiger partial charge in [0.15, 0.2) is 0 Å². The van der Waals surface area contributed by atoms with Crippen molar-refractivity contribution in [3.63, 3.8) is 0 Å². The monoisotopic (exact) mass is 314 g/mol. The highest BCUT2D eigenvalue weighted by atomic mass is 17.5. The van der Waals surface area contributed by atoms with Gasteiger partial charge in [-0.1, -0.05) is 13.3 Å². The molecule has 0 bridgehead atoms. The molecule has 0 atom stereocenters. The number of unbranched alkanes of at least 4 members (excludes halogenated alkanes) is 1. The van der Waals surface area contributed by atoms with Gasteiger partial charge in [-0.05, 0) is 18.6 Å². The lowest BCUT2D eigenvalue weighted by molar-refractivity contribution is -0.452. The summed E-state index contributed by atoms with van der Waals surface area (Å²) in [7, 11) is 2.88. The molecule has 0 amide bonds. The topological polar surface area (TPSA) is 89.5 Å². The second-order valence-electron chi connectivity index (χ2n) is 4.08. The Hall–Kier alpha value is -2.48. The summed E-state index contributed by atoms with van der Waals surface area (Å²) in [5.41, 5.74) is 0.0964. The molecule has 0 aliphatic rings. The first-order valence-corrected chi connectivity index (χ1v) is 6.56. The molecule has 0 N–H and O–H groups in total. The molecule has 0 saturated heterocycles. The molecule has 1 aromatic carbocycles. The molecule has 0 fully saturated rings. The van der Waals surface area contributed by atoms with E-state index in [9.17, 15) is 9.59 Å². The number of rotatable bonds is 8. The van der Waals surface area contributed by atoms with Crippen LogP contribution in [0.2, 0.25) is 0 Å². The van der Waals surface area contributed by atoms with E-state index in [1.807, 2.05) is 6.92 Å². The third kappa shape index (κ3) is 5.88. The van der Waals surface area contributed by atoms with Crippen LogP contribution < -0.4 is 9.47 Å². The molecule has 8 nitrogen and oxygen atoms in total. The van der Waals surface area contributed by atoms with E-state index >= 15 is 0 Å². The van der Waals surface area contributed by atoms with Crippen molar-refractivity contribution < 1.29 is 38.6 Å². The van der Waals surface area contributed by atoms with E-state index in [1.165, 1.54) is 26.4 Å². The lowest BCUT2D eigenvalue weighted by Crippen LogP contribution is -2.12. The van der Waals surface area contributed by atoms with E-state index in [-0.39, 0.29) is 12.2 Å². The van der Waals surface area contributed by atoms with Gasteiger partial charge in [-0.2, -0.15) is 0 Å². The lowest BCUT2D eigenvalue weighted by Gasteiger charge is -2.07. The van der Waals surface area contributed by atoms with Crippen LogP contribution in [0.15, 0.2) is 18.2 Å². The fraction of sp³-hybridized carbons (Fsp3) is 0.429. The Morgan fingerprint density at radius 2 is 1.64 bits per heavy atom. The molecule has 1 aromatic rings.